The summed E-state index contributed by atoms with van der Waals surface area (Å²) in [5.41, 5.74) is -0.587. The van der Waals surface area contributed by atoms with Gasteiger partial charge in [-0.25, -0.2) is 13.6 Å². The minimum Gasteiger partial charge on any atom is -0.507 e. The summed E-state index contributed by atoms with van der Waals surface area (Å²) in [5, 5.41) is 20.5. The van der Waals surface area contributed by atoms with Crippen LogP contribution < -0.4 is 5.32 Å². The Hall–Kier alpha value is -2.96. The molecule has 0 aliphatic carbocycles. The van der Waals surface area contributed by atoms with Gasteiger partial charge in [0.25, 0.3) is 5.91 Å². The first-order valence-electron chi connectivity index (χ1n) is 5.70. The second-order valence-electron chi connectivity index (χ2n) is 4.15. The summed E-state index contributed by atoms with van der Waals surface area (Å²) in [6.45, 7) is 0. The van der Waals surface area contributed by atoms with Crippen molar-refractivity contribution in [1.29, 1.82) is 0 Å². The van der Waals surface area contributed by atoms with Gasteiger partial charge in [-0.3, -0.25) is 4.79 Å². The summed E-state index contributed by atoms with van der Waals surface area (Å²) in [6.07, 6.45) is 0. The molecule has 7 heteroatoms. The summed E-state index contributed by atoms with van der Waals surface area (Å²) in [7, 11) is 0. The number of benzene rings is 2. The van der Waals surface area contributed by atoms with Gasteiger partial charge in [0.15, 0.2) is 0 Å². The van der Waals surface area contributed by atoms with E-state index in [2.05, 4.69) is 5.32 Å². The molecular formula is C14H9F2NO4. The van der Waals surface area contributed by atoms with E-state index in [0.717, 1.165) is 24.3 Å². The van der Waals surface area contributed by atoms with Gasteiger partial charge in [-0.05, 0) is 30.3 Å². The molecule has 0 radical (unpaired) electrons. The normalized spacial score (nSPS) is 10.2. The molecule has 3 N–H and O–H groups in total. The molecule has 0 aliphatic rings. The predicted molar refractivity (Wildman–Crippen MR) is 69.4 cm³/mol. The standard InChI is InChI=1S/C14H9F2NO4/c15-8-3-7(4-9(16)5-8)13(19)17-10-1-2-12(18)11(6-10)14(20)21/h1-6,18H,(H,17,19)(H,20,21). The fourth-order valence-corrected chi connectivity index (χ4v) is 1.67. The SMILES string of the molecule is O=C(Nc1ccc(O)c(C(=O)O)c1)c1cc(F)cc(F)c1. The van der Waals surface area contributed by atoms with Crippen molar-refractivity contribution in [1.82, 2.24) is 0 Å². The second kappa shape index (κ2) is 5.58. The summed E-state index contributed by atoms with van der Waals surface area (Å²) in [4.78, 5) is 22.7. The summed E-state index contributed by atoms with van der Waals surface area (Å²) < 4.78 is 26.0. The van der Waals surface area contributed by atoms with Crippen LogP contribution in [0.5, 0.6) is 5.75 Å². The number of carbonyl (C=O) groups excluding carboxylic acids is 1. The van der Waals surface area contributed by atoms with Gasteiger partial charge in [0.2, 0.25) is 0 Å². The number of aromatic hydroxyl groups is 1. The maximum Gasteiger partial charge on any atom is 0.339 e. The van der Waals surface area contributed by atoms with E-state index in [1.165, 1.54) is 6.07 Å². The van der Waals surface area contributed by atoms with Crippen molar-refractivity contribution < 1.29 is 28.6 Å². The highest BCUT2D eigenvalue weighted by Crippen LogP contribution is 2.22. The van der Waals surface area contributed by atoms with Crippen LogP contribution in [0.2, 0.25) is 0 Å². The van der Waals surface area contributed by atoms with E-state index in [1.54, 1.807) is 0 Å². The molecule has 5 nitrogen and oxygen atoms in total. The van der Waals surface area contributed by atoms with Gasteiger partial charge < -0.3 is 15.5 Å². The number of anilines is 1. The first-order chi connectivity index (χ1) is 9.86. The molecule has 0 atom stereocenters. The Balaban J connectivity index is 2.27. The quantitative estimate of drug-likeness (QED) is 0.759. The minimum atomic E-state index is -1.37. The van der Waals surface area contributed by atoms with Gasteiger partial charge in [-0.2, -0.15) is 0 Å². The molecule has 0 unspecified atom stereocenters. The number of carboxylic acid groups (broad SMARTS) is 1. The molecule has 2 aromatic rings. The number of hydrogen-bond donors (Lipinski definition) is 3. The monoisotopic (exact) mass is 293 g/mol. The Morgan fingerprint density at radius 2 is 1.62 bits per heavy atom. The van der Waals surface area contributed by atoms with Crippen molar-refractivity contribution >= 4 is 17.6 Å². The third-order valence-corrected chi connectivity index (χ3v) is 2.61. The van der Waals surface area contributed by atoms with E-state index < -0.39 is 34.8 Å². The number of nitrogens with one attached hydrogen (secondary N) is 1. The zero-order chi connectivity index (χ0) is 15.6. The second-order valence-corrected chi connectivity index (χ2v) is 4.15. The maximum absolute atomic E-state index is 13.0. The predicted octanol–water partition coefficient (Wildman–Crippen LogP) is 2.62. The first-order valence-corrected chi connectivity index (χ1v) is 5.70. The average Bonchev–Trinajstić information content (AvgIpc) is 2.39. The van der Waals surface area contributed by atoms with Gasteiger partial charge in [0, 0.05) is 17.3 Å². The number of rotatable bonds is 3. The molecule has 0 heterocycles. The van der Waals surface area contributed by atoms with Crippen LogP contribution in [-0.2, 0) is 0 Å². The first kappa shape index (κ1) is 14.4. The van der Waals surface area contributed by atoms with Crippen LogP contribution in [-0.4, -0.2) is 22.1 Å². The van der Waals surface area contributed by atoms with Crippen molar-refractivity contribution in [2.24, 2.45) is 0 Å². The lowest BCUT2D eigenvalue weighted by Gasteiger charge is -2.07. The molecule has 0 saturated heterocycles. The van der Waals surface area contributed by atoms with Gasteiger partial charge in [-0.1, -0.05) is 0 Å². The van der Waals surface area contributed by atoms with E-state index in [0.29, 0.717) is 6.07 Å². The largest absolute Gasteiger partial charge is 0.507 e. The molecule has 2 rings (SSSR count). The van der Waals surface area contributed by atoms with Crippen LogP contribution in [0.3, 0.4) is 0 Å². The van der Waals surface area contributed by atoms with Crippen LogP contribution in [0.25, 0.3) is 0 Å². The Labute approximate surface area is 117 Å². The number of amides is 1. The van der Waals surface area contributed by atoms with Crippen molar-refractivity contribution in [2.75, 3.05) is 5.32 Å². The van der Waals surface area contributed by atoms with Crippen LogP contribution in [0.1, 0.15) is 20.7 Å². The van der Waals surface area contributed by atoms with E-state index >= 15 is 0 Å². The molecule has 108 valence electrons. The Morgan fingerprint density at radius 1 is 1.00 bits per heavy atom. The zero-order valence-electron chi connectivity index (χ0n) is 10.4. The fourth-order valence-electron chi connectivity index (χ4n) is 1.67. The lowest BCUT2D eigenvalue weighted by atomic mass is 10.1. The van der Waals surface area contributed by atoms with Crippen LogP contribution in [0.4, 0.5) is 14.5 Å². The summed E-state index contributed by atoms with van der Waals surface area (Å²) >= 11 is 0. The van der Waals surface area contributed by atoms with Crippen molar-refractivity contribution in [3.63, 3.8) is 0 Å². The van der Waals surface area contributed by atoms with Gasteiger partial charge in [-0.15, -0.1) is 0 Å². The molecule has 0 saturated carbocycles. The van der Waals surface area contributed by atoms with Crippen molar-refractivity contribution in [3.8, 4) is 5.75 Å². The molecule has 0 fully saturated rings. The van der Waals surface area contributed by atoms with Crippen LogP contribution in [0.15, 0.2) is 36.4 Å². The van der Waals surface area contributed by atoms with Gasteiger partial charge in [0.1, 0.15) is 22.9 Å². The third kappa shape index (κ3) is 3.33. The lowest BCUT2D eigenvalue weighted by Crippen LogP contribution is -2.13. The third-order valence-electron chi connectivity index (χ3n) is 2.61. The minimum absolute atomic E-state index is 0.0693. The molecule has 0 spiro atoms. The maximum atomic E-state index is 13.0. The van der Waals surface area contributed by atoms with Crippen LogP contribution >= 0.6 is 0 Å². The highest BCUT2D eigenvalue weighted by Gasteiger charge is 2.13. The highest BCUT2D eigenvalue weighted by molar-refractivity contribution is 6.05. The molecule has 21 heavy (non-hydrogen) atoms. The molecular weight excluding hydrogens is 284 g/mol. The number of carboxylic acids is 1. The lowest BCUT2D eigenvalue weighted by molar-refractivity contribution is 0.0693. The summed E-state index contributed by atoms with van der Waals surface area (Å²) in [5.74, 6) is -4.46. The van der Waals surface area contributed by atoms with Crippen molar-refractivity contribution in [3.05, 3.63) is 59.2 Å². The molecule has 0 aromatic heterocycles. The van der Waals surface area contributed by atoms with Gasteiger partial charge in [0.05, 0.1) is 0 Å². The topological polar surface area (TPSA) is 86.6 Å². The van der Waals surface area contributed by atoms with E-state index in [-0.39, 0.29) is 11.3 Å². The van der Waals surface area contributed by atoms with E-state index in [4.69, 9.17) is 5.11 Å². The molecule has 0 bridgehead atoms. The van der Waals surface area contributed by atoms with Crippen LogP contribution in [0, 0.1) is 11.6 Å². The number of hydrogen-bond acceptors (Lipinski definition) is 3. The number of halogens is 2. The Kier molecular flexibility index (Phi) is 3.84. The number of phenols is 1. The fraction of sp³-hybridized carbons (Fsp3) is 0. The highest BCUT2D eigenvalue weighted by atomic mass is 19.1. The Morgan fingerprint density at radius 3 is 2.19 bits per heavy atom. The van der Waals surface area contributed by atoms with Gasteiger partial charge >= 0.3 is 5.97 Å². The zero-order valence-corrected chi connectivity index (χ0v) is 10.4. The molecule has 0 aliphatic heterocycles. The van der Waals surface area contributed by atoms with E-state index in [9.17, 15) is 23.5 Å². The summed E-state index contributed by atoms with van der Waals surface area (Å²) in [6, 6.07) is 5.69. The number of aromatic carboxylic acids is 1. The number of carbonyl (C=O) groups is 2. The Bertz CT molecular complexity index is 711. The molecule has 1 amide bonds. The smallest absolute Gasteiger partial charge is 0.339 e. The average molecular weight is 293 g/mol. The van der Waals surface area contributed by atoms with Crippen molar-refractivity contribution in [2.45, 2.75) is 0 Å². The molecule has 2 aromatic carbocycles. The van der Waals surface area contributed by atoms with E-state index in [1.807, 2.05) is 0 Å².